The summed E-state index contributed by atoms with van der Waals surface area (Å²) in [6.07, 6.45) is 0. The Hall–Kier alpha value is -3.32. The molecule has 1 N–H and O–H groups in total. The van der Waals surface area contributed by atoms with Gasteiger partial charge >= 0.3 is 0 Å². The van der Waals surface area contributed by atoms with E-state index in [1.807, 2.05) is 12.1 Å². The second-order valence-electron chi connectivity index (χ2n) is 6.43. The lowest BCUT2D eigenvalue weighted by Crippen LogP contribution is -2.02. The van der Waals surface area contributed by atoms with Crippen molar-refractivity contribution in [3.05, 3.63) is 120 Å². The van der Waals surface area contributed by atoms with E-state index in [2.05, 4.69) is 96.8 Å². The van der Waals surface area contributed by atoms with Crippen LogP contribution in [0.1, 0.15) is 16.7 Å². The van der Waals surface area contributed by atoms with E-state index < -0.39 is 0 Å². The maximum atomic E-state index is 4.38. The van der Waals surface area contributed by atoms with Gasteiger partial charge < -0.3 is 5.32 Å². The third kappa shape index (κ3) is 3.38. The molecule has 4 aromatic rings. The molecule has 0 fully saturated rings. The van der Waals surface area contributed by atoms with Crippen LogP contribution in [0.2, 0.25) is 0 Å². The fourth-order valence-corrected chi connectivity index (χ4v) is 3.22. The van der Waals surface area contributed by atoms with Crippen molar-refractivity contribution < 1.29 is 0 Å². The zero-order valence-corrected chi connectivity index (χ0v) is 14.7. The molecule has 0 atom stereocenters. The molecule has 0 saturated heterocycles. The van der Waals surface area contributed by atoms with Crippen LogP contribution in [0.5, 0.6) is 0 Å². The van der Waals surface area contributed by atoms with Crippen molar-refractivity contribution in [3.8, 4) is 0 Å². The first-order valence-corrected chi connectivity index (χ1v) is 8.86. The van der Waals surface area contributed by atoms with Crippen LogP contribution in [0.25, 0.3) is 16.3 Å². The highest BCUT2D eigenvalue weighted by atomic mass is 14.9. The summed E-state index contributed by atoms with van der Waals surface area (Å²) < 4.78 is 0. The minimum Gasteiger partial charge on any atom is -0.380 e. The van der Waals surface area contributed by atoms with Gasteiger partial charge in [0.1, 0.15) is 0 Å². The monoisotopic (exact) mass is 335 g/mol. The molecule has 0 aromatic heterocycles. The summed E-state index contributed by atoms with van der Waals surface area (Å²) in [6.45, 7) is 5.16. The molecule has 0 aliphatic carbocycles. The highest BCUT2D eigenvalue weighted by molar-refractivity contribution is 5.95. The number of hydrogen-bond acceptors (Lipinski definition) is 1. The highest BCUT2D eigenvalue weighted by Crippen LogP contribution is 2.32. The second kappa shape index (κ2) is 7.28. The minimum atomic E-state index is 0.786. The lowest BCUT2D eigenvalue weighted by Gasteiger charge is -2.16. The predicted molar refractivity (Wildman–Crippen MR) is 112 cm³/mol. The van der Waals surface area contributed by atoms with Crippen molar-refractivity contribution in [1.29, 1.82) is 0 Å². The van der Waals surface area contributed by atoms with Gasteiger partial charge in [-0.15, -0.1) is 0 Å². The van der Waals surface area contributed by atoms with Crippen LogP contribution in [0.4, 0.5) is 5.69 Å². The van der Waals surface area contributed by atoms with E-state index in [1.165, 1.54) is 16.3 Å². The van der Waals surface area contributed by atoms with Crippen molar-refractivity contribution in [2.24, 2.45) is 0 Å². The first-order valence-electron chi connectivity index (χ1n) is 8.86. The summed E-state index contributed by atoms with van der Waals surface area (Å²) in [5.41, 5.74) is 5.70. The van der Waals surface area contributed by atoms with E-state index in [-0.39, 0.29) is 0 Å². The van der Waals surface area contributed by atoms with Gasteiger partial charge in [-0.2, -0.15) is 0 Å². The second-order valence-corrected chi connectivity index (χ2v) is 6.43. The molecule has 0 heterocycles. The summed E-state index contributed by atoms with van der Waals surface area (Å²) in [6, 6.07) is 33.7. The van der Waals surface area contributed by atoms with Crippen LogP contribution < -0.4 is 5.32 Å². The van der Waals surface area contributed by atoms with Crippen LogP contribution in [0, 0.1) is 0 Å². The van der Waals surface area contributed by atoms with Gasteiger partial charge in [-0.25, -0.2) is 0 Å². The van der Waals surface area contributed by atoms with E-state index in [0.29, 0.717) is 0 Å². The number of anilines is 1. The average molecular weight is 335 g/mol. The zero-order valence-electron chi connectivity index (χ0n) is 14.7. The SMILES string of the molecule is C=C(c1ccccc1)c1cc2ccccc2cc1NCc1ccccc1. The predicted octanol–water partition coefficient (Wildman–Crippen LogP) is 6.51. The summed E-state index contributed by atoms with van der Waals surface area (Å²) in [7, 11) is 0. The quantitative estimate of drug-likeness (QED) is 0.438. The fraction of sp³-hybridized carbons (Fsp3) is 0.0400. The Morgan fingerprint density at radius 3 is 1.96 bits per heavy atom. The zero-order chi connectivity index (χ0) is 17.8. The molecule has 0 saturated carbocycles. The summed E-state index contributed by atoms with van der Waals surface area (Å²) in [5.74, 6) is 0. The largest absolute Gasteiger partial charge is 0.380 e. The smallest absolute Gasteiger partial charge is 0.0428 e. The third-order valence-corrected chi connectivity index (χ3v) is 4.66. The van der Waals surface area contributed by atoms with Crippen LogP contribution in [-0.4, -0.2) is 0 Å². The molecule has 0 aliphatic rings. The average Bonchev–Trinajstić information content (AvgIpc) is 2.72. The molecule has 0 bridgehead atoms. The Labute approximate surface area is 154 Å². The number of nitrogens with one attached hydrogen (secondary N) is 1. The maximum Gasteiger partial charge on any atom is 0.0428 e. The molecule has 0 spiro atoms. The van der Waals surface area contributed by atoms with Crippen molar-refractivity contribution in [1.82, 2.24) is 0 Å². The molecule has 0 unspecified atom stereocenters. The van der Waals surface area contributed by atoms with Crippen molar-refractivity contribution >= 4 is 22.0 Å². The van der Waals surface area contributed by atoms with Gasteiger partial charge in [0.2, 0.25) is 0 Å². The lowest BCUT2D eigenvalue weighted by molar-refractivity contribution is 1.15. The van der Waals surface area contributed by atoms with Gasteiger partial charge in [0, 0.05) is 17.8 Å². The van der Waals surface area contributed by atoms with Gasteiger partial charge in [0.25, 0.3) is 0 Å². The van der Waals surface area contributed by atoms with Crippen LogP contribution in [0.15, 0.2) is 104 Å². The summed E-state index contributed by atoms with van der Waals surface area (Å²) >= 11 is 0. The first-order chi connectivity index (χ1) is 12.8. The van der Waals surface area contributed by atoms with Crippen LogP contribution in [-0.2, 0) is 6.54 Å². The normalized spacial score (nSPS) is 10.6. The Kier molecular flexibility index (Phi) is 4.53. The molecule has 4 rings (SSSR count). The van der Waals surface area contributed by atoms with Gasteiger partial charge in [-0.3, -0.25) is 0 Å². The lowest BCUT2D eigenvalue weighted by atomic mass is 9.95. The van der Waals surface area contributed by atoms with E-state index in [4.69, 9.17) is 0 Å². The molecule has 26 heavy (non-hydrogen) atoms. The molecular weight excluding hydrogens is 314 g/mol. The van der Waals surface area contributed by atoms with E-state index in [1.54, 1.807) is 0 Å². The highest BCUT2D eigenvalue weighted by Gasteiger charge is 2.10. The van der Waals surface area contributed by atoms with Crippen molar-refractivity contribution in [3.63, 3.8) is 0 Å². The van der Waals surface area contributed by atoms with Gasteiger partial charge in [0.15, 0.2) is 0 Å². The van der Waals surface area contributed by atoms with Crippen LogP contribution in [0.3, 0.4) is 0 Å². The molecule has 126 valence electrons. The number of rotatable bonds is 5. The summed E-state index contributed by atoms with van der Waals surface area (Å²) in [5, 5.41) is 6.07. The van der Waals surface area contributed by atoms with E-state index in [0.717, 1.165) is 28.9 Å². The Morgan fingerprint density at radius 1 is 0.692 bits per heavy atom. The van der Waals surface area contributed by atoms with E-state index in [9.17, 15) is 0 Å². The Balaban J connectivity index is 1.75. The third-order valence-electron chi connectivity index (χ3n) is 4.66. The minimum absolute atomic E-state index is 0.786. The topological polar surface area (TPSA) is 12.0 Å². The molecule has 1 nitrogen and oxygen atoms in total. The van der Waals surface area contributed by atoms with Gasteiger partial charge in [-0.05, 0) is 39.6 Å². The molecule has 0 amide bonds. The maximum absolute atomic E-state index is 4.38. The number of benzene rings is 4. The number of hydrogen-bond donors (Lipinski definition) is 1. The fourth-order valence-electron chi connectivity index (χ4n) is 3.22. The van der Waals surface area contributed by atoms with Crippen LogP contribution >= 0.6 is 0 Å². The molecule has 4 aromatic carbocycles. The van der Waals surface area contributed by atoms with Crippen molar-refractivity contribution in [2.75, 3.05) is 5.32 Å². The summed E-state index contributed by atoms with van der Waals surface area (Å²) in [4.78, 5) is 0. The Bertz CT molecular complexity index is 1030. The number of fused-ring (bicyclic) bond motifs is 1. The molecule has 0 aliphatic heterocycles. The molecule has 1 heteroatoms. The van der Waals surface area contributed by atoms with Gasteiger partial charge in [0.05, 0.1) is 0 Å². The molecule has 0 radical (unpaired) electrons. The van der Waals surface area contributed by atoms with Crippen molar-refractivity contribution in [2.45, 2.75) is 6.54 Å². The molecular formula is C25H21N. The van der Waals surface area contributed by atoms with Gasteiger partial charge in [-0.1, -0.05) is 91.5 Å². The first kappa shape index (κ1) is 16.2. The standard InChI is InChI=1S/C25H21N/c1-19(21-12-6-3-7-13-21)24-16-22-14-8-9-15-23(22)17-25(24)26-18-20-10-4-2-5-11-20/h2-17,26H,1,18H2. The Morgan fingerprint density at radius 2 is 1.27 bits per heavy atom. The van der Waals surface area contributed by atoms with E-state index >= 15 is 0 Å².